The number of carbonyl (C=O) groups excluding carboxylic acids is 1. The average Bonchev–Trinajstić information content (AvgIpc) is 2.58. The summed E-state index contributed by atoms with van der Waals surface area (Å²) in [5.41, 5.74) is 0.895. The second-order valence-corrected chi connectivity index (χ2v) is 5.97. The summed E-state index contributed by atoms with van der Waals surface area (Å²) in [7, 11) is 1.49. The van der Waals surface area contributed by atoms with Gasteiger partial charge in [0.2, 0.25) is 0 Å². The molecule has 0 spiro atoms. The number of ether oxygens (including phenoxy) is 1. The number of carbonyl (C=O) groups is 1. The van der Waals surface area contributed by atoms with E-state index in [1.165, 1.54) is 19.4 Å². The van der Waals surface area contributed by atoms with Crippen molar-refractivity contribution in [1.82, 2.24) is 0 Å². The molecule has 0 aliphatic carbocycles. The Morgan fingerprint density at radius 1 is 1.08 bits per heavy atom. The van der Waals surface area contributed by atoms with E-state index in [1.807, 2.05) is 6.07 Å². The summed E-state index contributed by atoms with van der Waals surface area (Å²) < 4.78 is 5.04. The van der Waals surface area contributed by atoms with Crippen LogP contribution in [0, 0.1) is 11.3 Å². The Morgan fingerprint density at radius 2 is 1.76 bits per heavy atom. The number of halogens is 3. The van der Waals surface area contributed by atoms with Gasteiger partial charge in [-0.1, -0.05) is 34.8 Å². The quantitative estimate of drug-likeness (QED) is 0.544. The summed E-state index contributed by atoms with van der Waals surface area (Å²) in [6.07, 6.45) is 1.28. The molecule has 8 heteroatoms. The van der Waals surface area contributed by atoms with Gasteiger partial charge in [0.15, 0.2) is 0 Å². The summed E-state index contributed by atoms with van der Waals surface area (Å²) in [6, 6.07) is 11.4. The van der Waals surface area contributed by atoms with Crippen LogP contribution in [0.4, 0.5) is 11.4 Å². The van der Waals surface area contributed by atoms with Crippen LogP contribution in [0.15, 0.2) is 48.2 Å². The van der Waals surface area contributed by atoms with Crippen LogP contribution < -0.4 is 15.4 Å². The number of methoxy groups -OCH3 is 1. The van der Waals surface area contributed by atoms with Gasteiger partial charge in [0.25, 0.3) is 5.91 Å². The molecule has 0 bridgehead atoms. The molecular weight excluding hydrogens is 385 g/mol. The molecule has 128 valence electrons. The topological polar surface area (TPSA) is 74.1 Å². The summed E-state index contributed by atoms with van der Waals surface area (Å²) in [5, 5.41) is 15.7. The van der Waals surface area contributed by atoms with Gasteiger partial charge in [-0.05, 0) is 36.4 Å². The number of amides is 1. The molecule has 0 aliphatic heterocycles. The highest BCUT2D eigenvalue weighted by molar-refractivity contribution is 6.42. The Hall–Kier alpha value is -2.39. The molecule has 5 nitrogen and oxygen atoms in total. The zero-order valence-corrected chi connectivity index (χ0v) is 15.2. The molecule has 0 radical (unpaired) electrons. The average molecular weight is 397 g/mol. The molecule has 2 N–H and O–H groups in total. The minimum atomic E-state index is -0.587. The molecule has 0 saturated heterocycles. The lowest BCUT2D eigenvalue weighted by molar-refractivity contribution is -0.112. The van der Waals surface area contributed by atoms with Crippen molar-refractivity contribution >= 4 is 52.1 Å². The molecule has 0 aliphatic rings. The van der Waals surface area contributed by atoms with Crippen LogP contribution >= 0.6 is 34.8 Å². The molecule has 2 rings (SSSR count). The summed E-state index contributed by atoms with van der Waals surface area (Å²) in [4.78, 5) is 12.2. The zero-order valence-electron chi connectivity index (χ0n) is 12.9. The highest BCUT2D eigenvalue weighted by atomic mass is 35.5. The SMILES string of the molecule is COc1ccc(NC(=O)/C(C#N)=C\Nc2ccc(Cl)c(Cl)c2)cc1Cl. The van der Waals surface area contributed by atoms with Crippen LogP contribution in [0.3, 0.4) is 0 Å². The van der Waals surface area contributed by atoms with Crippen LogP contribution in [-0.2, 0) is 4.79 Å². The second kappa shape index (κ2) is 8.63. The van der Waals surface area contributed by atoms with Gasteiger partial charge in [0.1, 0.15) is 17.4 Å². The fraction of sp³-hybridized carbons (Fsp3) is 0.0588. The fourth-order valence-corrected chi connectivity index (χ4v) is 2.39. The van der Waals surface area contributed by atoms with E-state index in [0.29, 0.717) is 32.2 Å². The van der Waals surface area contributed by atoms with Gasteiger partial charge in [-0.3, -0.25) is 4.79 Å². The van der Waals surface area contributed by atoms with Crippen LogP contribution in [0.2, 0.25) is 15.1 Å². The molecular formula is C17H12Cl3N3O2. The van der Waals surface area contributed by atoms with Crippen molar-refractivity contribution in [3.8, 4) is 11.8 Å². The Balaban J connectivity index is 2.11. The van der Waals surface area contributed by atoms with Crippen molar-refractivity contribution < 1.29 is 9.53 Å². The van der Waals surface area contributed by atoms with E-state index in [1.54, 1.807) is 30.3 Å². The lowest BCUT2D eigenvalue weighted by atomic mass is 10.2. The normalized spacial score (nSPS) is 10.8. The first-order valence-electron chi connectivity index (χ1n) is 6.91. The first-order valence-corrected chi connectivity index (χ1v) is 8.04. The van der Waals surface area contributed by atoms with Gasteiger partial charge in [0.05, 0.1) is 22.2 Å². The lowest BCUT2D eigenvalue weighted by Gasteiger charge is -2.08. The van der Waals surface area contributed by atoms with E-state index < -0.39 is 5.91 Å². The first-order chi connectivity index (χ1) is 11.9. The molecule has 0 fully saturated rings. The smallest absolute Gasteiger partial charge is 0.267 e. The van der Waals surface area contributed by atoms with E-state index in [9.17, 15) is 10.1 Å². The van der Waals surface area contributed by atoms with Gasteiger partial charge in [0, 0.05) is 17.6 Å². The van der Waals surface area contributed by atoms with E-state index in [0.717, 1.165) is 0 Å². The van der Waals surface area contributed by atoms with Gasteiger partial charge >= 0.3 is 0 Å². The number of hydrogen-bond donors (Lipinski definition) is 2. The Kier molecular flexibility index (Phi) is 6.54. The van der Waals surface area contributed by atoms with Crippen LogP contribution in [0.1, 0.15) is 0 Å². The minimum absolute atomic E-state index is 0.127. The van der Waals surface area contributed by atoms with Crippen molar-refractivity contribution in [2.75, 3.05) is 17.7 Å². The predicted octanol–water partition coefficient (Wildman–Crippen LogP) is 5.11. The first kappa shape index (κ1) is 18.9. The molecule has 2 aromatic carbocycles. The number of hydrogen-bond acceptors (Lipinski definition) is 4. The lowest BCUT2D eigenvalue weighted by Crippen LogP contribution is -2.14. The minimum Gasteiger partial charge on any atom is -0.495 e. The zero-order chi connectivity index (χ0) is 18.4. The summed E-state index contributed by atoms with van der Waals surface area (Å²) >= 11 is 17.8. The van der Waals surface area contributed by atoms with E-state index >= 15 is 0 Å². The summed E-state index contributed by atoms with van der Waals surface area (Å²) in [5.74, 6) is -0.103. The molecule has 0 unspecified atom stereocenters. The molecule has 0 heterocycles. The Labute approximate surface area is 159 Å². The third kappa shape index (κ3) is 5.04. The third-order valence-corrected chi connectivity index (χ3v) is 4.11. The van der Waals surface area contributed by atoms with Crippen molar-refractivity contribution in [3.63, 3.8) is 0 Å². The number of benzene rings is 2. The van der Waals surface area contributed by atoms with E-state index in [2.05, 4.69) is 10.6 Å². The number of nitrogens with zero attached hydrogens (tertiary/aromatic N) is 1. The van der Waals surface area contributed by atoms with E-state index in [-0.39, 0.29) is 5.57 Å². The molecule has 0 saturated carbocycles. The van der Waals surface area contributed by atoms with Gasteiger partial charge < -0.3 is 15.4 Å². The molecule has 0 aromatic heterocycles. The van der Waals surface area contributed by atoms with Gasteiger partial charge in [-0.2, -0.15) is 5.26 Å². The molecule has 1 amide bonds. The standard InChI is InChI=1S/C17H12Cl3N3O2/c1-25-16-5-3-12(7-15(16)20)23-17(24)10(8-21)9-22-11-2-4-13(18)14(19)6-11/h2-7,9,22H,1H3,(H,23,24)/b10-9-. The molecule has 2 aromatic rings. The second-order valence-electron chi connectivity index (χ2n) is 4.75. The predicted molar refractivity (Wildman–Crippen MR) is 100 cm³/mol. The number of nitrogens with one attached hydrogen (secondary N) is 2. The van der Waals surface area contributed by atoms with Crippen molar-refractivity contribution in [1.29, 1.82) is 5.26 Å². The highest BCUT2D eigenvalue weighted by Crippen LogP contribution is 2.27. The van der Waals surface area contributed by atoms with Crippen LogP contribution in [-0.4, -0.2) is 13.0 Å². The maximum atomic E-state index is 12.2. The molecule has 0 atom stereocenters. The maximum Gasteiger partial charge on any atom is 0.267 e. The summed E-state index contributed by atoms with van der Waals surface area (Å²) in [6.45, 7) is 0. The third-order valence-electron chi connectivity index (χ3n) is 3.08. The fourth-order valence-electron chi connectivity index (χ4n) is 1.83. The Bertz CT molecular complexity index is 876. The Morgan fingerprint density at radius 3 is 2.36 bits per heavy atom. The van der Waals surface area contributed by atoms with Gasteiger partial charge in [-0.25, -0.2) is 0 Å². The van der Waals surface area contributed by atoms with Crippen molar-refractivity contribution in [2.45, 2.75) is 0 Å². The van der Waals surface area contributed by atoms with Gasteiger partial charge in [-0.15, -0.1) is 0 Å². The maximum absolute atomic E-state index is 12.2. The molecule has 25 heavy (non-hydrogen) atoms. The van der Waals surface area contributed by atoms with Crippen LogP contribution in [0.5, 0.6) is 5.75 Å². The highest BCUT2D eigenvalue weighted by Gasteiger charge is 2.11. The number of rotatable bonds is 5. The number of anilines is 2. The monoisotopic (exact) mass is 395 g/mol. The number of nitriles is 1. The van der Waals surface area contributed by atoms with Crippen molar-refractivity contribution in [3.05, 3.63) is 63.2 Å². The van der Waals surface area contributed by atoms with E-state index in [4.69, 9.17) is 39.5 Å². The van der Waals surface area contributed by atoms with Crippen molar-refractivity contribution in [2.24, 2.45) is 0 Å². The largest absolute Gasteiger partial charge is 0.495 e. The van der Waals surface area contributed by atoms with Crippen LogP contribution in [0.25, 0.3) is 0 Å².